The van der Waals surface area contributed by atoms with Crippen molar-refractivity contribution in [3.8, 4) is 0 Å². The Morgan fingerprint density at radius 1 is 0.714 bits per heavy atom. The molecule has 0 radical (unpaired) electrons. The predicted octanol–water partition coefficient (Wildman–Crippen LogP) is 4.37. The minimum absolute atomic E-state index is 0.159. The molecular weight excluding hydrogens is 370 g/mol. The van der Waals surface area contributed by atoms with Crippen molar-refractivity contribution in [1.29, 1.82) is 0 Å². The van der Waals surface area contributed by atoms with E-state index in [4.69, 9.17) is 12.2 Å². The summed E-state index contributed by atoms with van der Waals surface area (Å²) in [6.45, 7) is 1.92. The van der Waals surface area contributed by atoms with E-state index in [9.17, 15) is 9.59 Å². The Balaban J connectivity index is 1.63. The monoisotopic (exact) mass is 389 g/mol. The van der Waals surface area contributed by atoms with Crippen LogP contribution >= 0.6 is 12.2 Å². The van der Waals surface area contributed by atoms with Crippen molar-refractivity contribution in [2.24, 2.45) is 0 Å². The lowest BCUT2D eigenvalue weighted by Gasteiger charge is -2.11. The molecule has 0 saturated carbocycles. The minimum Gasteiger partial charge on any atom is -0.332 e. The molecule has 0 saturated heterocycles. The Bertz CT molecular complexity index is 1020. The molecule has 6 heteroatoms. The molecule has 0 bridgehead atoms. The maximum atomic E-state index is 12.4. The Labute approximate surface area is 168 Å². The van der Waals surface area contributed by atoms with Gasteiger partial charge in [-0.2, -0.15) is 0 Å². The smallest absolute Gasteiger partial charge is 0.257 e. The molecule has 0 heterocycles. The van der Waals surface area contributed by atoms with E-state index < -0.39 is 0 Å². The predicted molar refractivity (Wildman–Crippen MR) is 116 cm³/mol. The third-order valence-corrected chi connectivity index (χ3v) is 4.13. The quantitative estimate of drug-likeness (QED) is 0.580. The highest BCUT2D eigenvalue weighted by molar-refractivity contribution is 7.80. The van der Waals surface area contributed by atoms with Gasteiger partial charge in [-0.25, -0.2) is 0 Å². The van der Waals surface area contributed by atoms with Crippen LogP contribution in [0.5, 0.6) is 0 Å². The normalized spacial score (nSPS) is 10.0. The van der Waals surface area contributed by atoms with Crippen molar-refractivity contribution in [2.75, 3.05) is 10.6 Å². The SMILES string of the molecule is Cc1cccc(C(=O)NC(=S)Nc2cccc(C(=O)Nc3ccccc3)c2)c1. The second-order valence-corrected chi connectivity index (χ2v) is 6.59. The number of thiocarbonyl (C=S) groups is 1. The van der Waals surface area contributed by atoms with Crippen molar-refractivity contribution in [2.45, 2.75) is 6.92 Å². The number of aryl methyl sites for hydroxylation is 1. The van der Waals surface area contributed by atoms with Gasteiger partial charge in [0.05, 0.1) is 0 Å². The van der Waals surface area contributed by atoms with E-state index in [1.807, 2.05) is 49.4 Å². The summed E-state index contributed by atoms with van der Waals surface area (Å²) in [5.74, 6) is -0.524. The number of carbonyl (C=O) groups excluding carboxylic acids is 2. The van der Waals surface area contributed by atoms with Crippen LogP contribution in [0, 0.1) is 6.92 Å². The Morgan fingerprint density at radius 3 is 2.07 bits per heavy atom. The first kappa shape index (κ1) is 19.3. The summed E-state index contributed by atoms with van der Waals surface area (Å²) in [4.78, 5) is 24.7. The number of hydrogen-bond donors (Lipinski definition) is 3. The van der Waals surface area contributed by atoms with Crippen molar-refractivity contribution in [1.82, 2.24) is 5.32 Å². The van der Waals surface area contributed by atoms with Crippen LogP contribution in [0.2, 0.25) is 0 Å². The van der Waals surface area contributed by atoms with Crippen LogP contribution in [0.25, 0.3) is 0 Å². The Hall–Kier alpha value is -3.51. The van der Waals surface area contributed by atoms with Crippen LogP contribution in [0.4, 0.5) is 11.4 Å². The molecule has 5 nitrogen and oxygen atoms in total. The molecule has 0 atom stereocenters. The first-order valence-corrected chi connectivity index (χ1v) is 9.07. The van der Waals surface area contributed by atoms with E-state index in [1.165, 1.54) is 0 Å². The lowest BCUT2D eigenvalue weighted by atomic mass is 10.1. The molecule has 0 aromatic heterocycles. The maximum Gasteiger partial charge on any atom is 0.257 e. The van der Waals surface area contributed by atoms with E-state index in [0.29, 0.717) is 22.5 Å². The lowest BCUT2D eigenvalue weighted by molar-refractivity contribution is 0.0976. The summed E-state index contributed by atoms with van der Waals surface area (Å²) in [5, 5.41) is 8.56. The standard InChI is InChI=1S/C22H19N3O2S/c1-15-7-5-8-16(13-15)21(27)25-22(28)24-19-12-6-9-17(14-19)20(26)23-18-10-3-2-4-11-18/h2-14H,1H3,(H,23,26)(H2,24,25,27,28). The van der Waals surface area contributed by atoms with E-state index in [0.717, 1.165) is 5.56 Å². The lowest BCUT2D eigenvalue weighted by Crippen LogP contribution is -2.34. The maximum absolute atomic E-state index is 12.4. The van der Waals surface area contributed by atoms with Gasteiger partial charge < -0.3 is 10.6 Å². The van der Waals surface area contributed by atoms with Crippen molar-refractivity contribution >= 4 is 40.5 Å². The molecule has 3 aromatic carbocycles. The zero-order chi connectivity index (χ0) is 19.9. The molecule has 3 aromatic rings. The molecule has 0 aliphatic carbocycles. The summed E-state index contributed by atoms with van der Waals surface area (Å²) >= 11 is 5.22. The molecule has 0 aliphatic rings. The van der Waals surface area contributed by atoms with E-state index >= 15 is 0 Å². The zero-order valence-electron chi connectivity index (χ0n) is 15.2. The Morgan fingerprint density at radius 2 is 1.36 bits per heavy atom. The van der Waals surface area contributed by atoms with Crippen molar-refractivity contribution < 1.29 is 9.59 Å². The molecule has 0 unspecified atom stereocenters. The van der Waals surface area contributed by atoms with Gasteiger partial charge in [0, 0.05) is 22.5 Å². The summed E-state index contributed by atoms with van der Waals surface area (Å²) in [5.41, 5.74) is 3.31. The van der Waals surface area contributed by atoms with Gasteiger partial charge in [0.25, 0.3) is 11.8 Å². The molecule has 28 heavy (non-hydrogen) atoms. The van der Waals surface area contributed by atoms with Crippen LogP contribution in [0.3, 0.4) is 0 Å². The number of anilines is 2. The van der Waals surface area contributed by atoms with Crippen LogP contribution in [0.15, 0.2) is 78.9 Å². The molecule has 0 fully saturated rings. The first-order valence-electron chi connectivity index (χ1n) is 8.67. The zero-order valence-corrected chi connectivity index (χ0v) is 16.0. The third kappa shape index (κ3) is 5.25. The van der Waals surface area contributed by atoms with Crippen molar-refractivity contribution in [3.05, 3.63) is 95.6 Å². The van der Waals surface area contributed by atoms with Gasteiger partial charge in [-0.15, -0.1) is 0 Å². The van der Waals surface area contributed by atoms with Gasteiger partial charge in [0.1, 0.15) is 0 Å². The fourth-order valence-electron chi connectivity index (χ4n) is 2.59. The number of amides is 2. The molecular formula is C22H19N3O2S. The number of nitrogens with one attached hydrogen (secondary N) is 3. The van der Waals surface area contributed by atoms with Crippen molar-refractivity contribution in [3.63, 3.8) is 0 Å². The summed E-state index contributed by atoms with van der Waals surface area (Å²) in [6, 6.07) is 23.3. The van der Waals surface area contributed by atoms with Gasteiger partial charge >= 0.3 is 0 Å². The van der Waals surface area contributed by atoms with Gasteiger partial charge in [-0.1, -0.05) is 42.0 Å². The third-order valence-electron chi connectivity index (χ3n) is 3.92. The average molecular weight is 389 g/mol. The summed E-state index contributed by atoms with van der Waals surface area (Å²) < 4.78 is 0. The number of para-hydroxylation sites is 1. The molecule has 3 rings (SSSR count). The largest absolute Gasteiger partial charge is 0.332 e. The second kappa shape index (κ2) is 8.92. The van der Waals surface area contributed by atoms with Gasteiger partial charge in [0.15, 0.2) is 5.11 Å². The van der Waals surface area contributed by atoms with Gasteiger partial charge in [-0.3, -0.25) is 14.9 Å². The fraction of sp³-hybridized carbons (Fsp3) is 0.0455. The first-order chi connectivity index (χ1) is 13.5. The Kier molecular flexibility index (Phi) is 6.14. The average Bonchev–Trinajstić information content (AvgIpc) is 2.69. The highest BCUT2D eigenvalue weighted by Crippen LogP contribution is 2.14. The highest BCUT2D eigenvalue weighted by Gasteiger charge is 2.10. The fourth-order valence-corrected chi connectivity index (χ4v) is 2.80. The molecule has 0 aliphatic heterocycles. The summed E-state index contributed by atoms with van der Waals surface area (Å²) in [7, 11) is 0. The van der Waals surface area contributed by atoms with E-state index in [2.05, 4.69) is 16.0 Å². The number of rotatable bonds is 4. The van der Waals surface area contributed by atoms with Gasteiger partial charge in [-0.05, 0) is 61.6 Å². The number of hydrogen-bond acceptors (Lipinski definition) is 3. The van der Waals surface area contributed by atoms with Gasteiger partial charge in [0.2, 0.25) is 0 Å². The van der Waals surface area contributed by atoms with Crippen LogP contribution in [-0.2, 0) is 0 Å². The van der Waals surface area contributed by atoms with E-state index in [-0.39, 0.29) is 16.9 Å². The number of carbonyl (C=O) groups is 2. The molecule has 140 valence electrons. The topological polar surface area (TPSA) is 70.2 Å². The van der Waals surface area contributed by atoms with Crippen LogP contribution in [-0.4, -0.2) is 16.9 Å². The van der Waals surface area contributed by atoms with E-state index in [1.54, 1.807) is 36.4 Å². The minimum atomic E-state index is -0.292. The van der Waals surface area contributed by atoms with Crippen LogP contribution < -0.4 is 16.0 Å². The summed E-state index contributed by atoms with van der Waals surface area (Å²) in [6.07, 6.45) is 0. The highest BCUT2D eigenvalue weighted by atomic mass is 32.1. The molecule has 0 spiro atoms. The molecule has 3 N–H and O–H groups in total. The second-order valence-electron chi connectivity index (χ2n) is 6.18. The number of benzene rings is 3. The van der Waals surface area contributed by atoms with Crippen LogP contribution in [0.1, 0.15) is 26.3 Å². The molecule has 2 amide bonds.